The summed E-state index contributed by atoms with van der Waals surface area (Å²) >= 11 is 0. The van der Waals surface area contributed by atoms with Crippen molar-refractivity contribution in [3.05, 3.63) is 0 Å². The predicted molar refractivity (Wildman–Crippen MR) is 32.8 cm³/mol. The van der Waals surface area contributed by atoms with Crippen LogP contribution in [0, 0.1) is 0 Å². The molecule has 0 bridgehead atoms. The van der Waals surface area contributed by atoms with E-state index in [0.717, 1.165) is 6.42 Å². The molecular formula is C5H13NO4. The highest BCUT2D eigenvalue weighted by molar-refractivity contribution is 4.44. The Labute approximate surface area is 59.1 Å². The van der Waals surface area contributed by atoms with E-state index in [4.69, 9.17) is 20.5 Å². The highest BCUT2D eigenvalue weighted by Gasteiger charge is 2.26. The lowest BCUT2D eigenvalue weighted by atomic mass is 10.3. The van der Waals surface area contributed by atoms with Gasteiger partial charge in [0.05, 0.1) is 0 Å². The van der Waals surface area contributed by atoms with Crippen molar-refractivity contribution < 1.29 is 20.5 Å². The van der Waals surface area contributed by atoms with Crippen LogP contribution in [0.25, 0.3) is 0 Å². The molecule has 5 nitrogen and oxygen atoms in total. The van der Waals surface area contributed by atoms with Crippen LogP contribution in [0.1, 0.15) is 19.8 Å². The van der Waals surface area contributed by atoms with Gasteiger partial charge in [-0.15, -0.1) is 5.06 Å². The maximum absolute atomic E-state index is 8.60. The quantitative estimate of drug-likeness (QED) is 0.308. The molecule has 0 aliphatic rings. The summed E-state index contributed by atoms with van der Waals surface area (Å²) in [5.74, 6) is 0. The smallest absolute Gasteiger partial charge is 0.329 e. The third-order valence-electron chi connectivity index (χ3n) is 1.07. The van der Waals surface area contributed by atoms with E-state index in [1.54, 1.807) is 0 Å². The van der Waals surface area contributed by atoms with Gasteiger partial charge in [-0.1, -0.05) is 13.3 Å². The van der Waals surface area contributed by atoms with Gasteiger partial charge in [-0.2, -0.15) is 0 Å². The number of nitrogens with zero attached hydrogens (tertiary/aromatic N) is 1. The molecule has 0 amide bonds. The molecule has 0 unspecified atom stereocenters. The van der Waals surface area contributed by atoms with Gasteiger partial charge in [-0.05, 0) is 6.42 Å². The molecule has 0 rings (SSSR count). The van der Waals surface area contributed by atoms with E-state index in [0.29, 0.717) is 6.42 Å². The molecule has 62 valence electrons. The minimum atomic E-state index is -3.10. The topological polar surface area (TPSA) is 84.2 Å². The number of hydrogen-bond donors (Lipinski definition) is 4. The van der Waals surface area contributed by atoms with Gasteiger partial charge in [0.1, 0.15) is 0 Å². The molecule has 0 atom stereocenters. The van der Waals surface area contributed by atoms with Crippen molar-refractivity contribution in [2.75, 3.05) is 6.54 Å². The Balaban J connectivity index is 3.52. The van der Waals surface area contributed by atoms with E-state index in [1.807, 2.05) is 6.92 Å². The summed E-state index contributed by atoms with van der Waals surface area (Å²) in [4.78, 5) is 0. The monoisotopic (exact) mass is 151 g/mol. The fourth-order valence-electron chi connectivity index (χ4n) is 0.458. The summed E-state index contributed by atoms with van der Waals surface area (Å²) in [6, 6.07) is 0. The zero-order chi connectivity index (χ0) is 8.20. The van der Waals surface area contributed by atoms with Gasteiger partial charge in [0, 0.05) is 6.54 Å². The van der Waals surface area contributed by atoms with Crippen LogP contribution in [-0.2, 0) is 0 Å². The van der Waals surface area contributed by atoms with E-state index in [2.05, 4.69) is 0 Å². The highest BCUT2D eigenvalue weighted by Crippen LogP contribution is 2.01. The minimum absolute atomic E-state index is 0.0278. The average Bonchev–Trinajstić information content (AvgIpc) is 1.80. The molecule has 0 saturated heterocycles. The van der Waals surface area contributed by atoms with E-state index in [9.17, 15) is 0 Å². The fourth-order valence-corrected chi connectivity index (χ4v) is 0.458. The van der Waals surface area contributed by atoms with E-state index in [1.165, 1.54) is 0 Å². The Kier molecular flexibility index (Phi) is 3.77. The highest BCUT2D eigenvalue weighted by atomic mass is 16.8. The zero-order valence-corrected chi connectivity index (χ0v) is 5.86. The van der Waals surface area contributed by atoms with Crippen molar-refractivity contribution in [2.24, 2.45) is 0 Å². The Morgan fingerprint density at radius 1 is 1.30 bits per heavy atom. The molecule has 0 aromatic carbocycles. The molecule has 0 heterocycles. The molecule has 0 fully saturated rings. The van der Waals surface area contributed by atoms with Gasteiger partial charge in [0.15, 0.2) is 0 Å². The third-order valence-corrected chi connectivity index (χ3v) is 1.07. The van der Waals surface area contributed by atoms with Crippen molar-refractivity contribution >= 4 is 0 Å². The van der Waals surface area contributed by atoms with Crippen LogP contribution >= 0.6 is 0 Å². The van der Waals surface area contributed by atoms with E-state index >= 15 is 0 Å². The third kappa shape index (κ3) is 3.76. The van der Waals surface area contributed by atoms with Crippen molar-refractivity contribution in [1.82, 2.24) is 5.06 Å². The zero-order valence-electron chi connectivity index (χ0n) is 5.86. The summed E-state index contributed by atoms with van der Waals surface area (Å²) in [6.07, 6.45) is -1.72. The van der Waals surface area contributed by atoms with Crippen molar-refractivity contribution in [1.29, 1.82) is 0 Å². The summed E-state index contributed by atoms with van der Waals surface area (Å²) in [7, 11) is 0. The standard InChI is InChI=1S/C5H13NO4/c1-2-3-4-6(10)5(7,8)9/h7-10H,2-4H2,1H3. The first-order valence-electron chi connectivity index (χ1n) is 3.12. The first-order chi connectivity index (χ1) is 4.48. The molecule has 10 heavy (non-hydrogen) atoms. The number of rotatable bonds is 4. The molecule has 0 aliphatic carbocycles. The number of aliphatic hydroxyl groups is 3. The van der Waals surface area contributed by atoms with Crippen molar-refractivity contribution in [3.63, 3.8) is 0 Å². The lowest BCUT2D eigenvalue weighted by Gasteiger charge is -2.23. The molecule has 0 saturated carbocycles. The second-order valence-electron chi connectivity index (χ2n) is 2.08. The average molecular weight is 151 g/mol. The number of hydrogen-bond acceptors (Lipinski definition) is 5. The SMILES string of the molecule is CCCCN(O)C(O)(O)O. The molecule has 0 aliphatic heterocycles. The lowest BCUT2D eigenvalue weighted by molar-refractivity contribution is -0.459. The van der Waals surface area contributed by atoms with Gasteiger partial charge in [-0.3, -0.25) is 0 Å². The van der Waals surface area contributed by atoms with E-state index < -0.39 is 6.10 Å². The van der Waals surface area contributed by atoms with Crippen LogP contribution in [0.4, 0.5) is 0 Å². The summed E-state index contributed by atoms with van der Waals surface area (Å²) < 4.78 is 0. The lowest BCUT2D eigenvalue weighted by Crippen LogP contribution is -2.46. The van der Waals surface area contributed by atoms with Gasteiger partial charge >= 0.3 is 6.10 Å². The summed E-state index contributed by atoms with van der Waals surface area (Å²) in [6.45, 7) is 1.90. The van der Waals surface area contributed by atoms with Gasteiger partial charge in [0.2, 0.25) is 0 Å². The van der Waals surface area contributed by atoms with Crippen LogP contribution in [0.2, 0.25) is 0 Å². The largest absolute Gasteiger partial charge is 0.368 e. The van der Waals surface area contributed by atoms with E-state index in [-0.39, 0.29) is 11.6 Å². The van der Waals surface area contributed by atoms with Crippen molar-refractivity contribution in [2.45, 2.75) is 25.9 Å². The van der Waals surface area contributed by atoms with Gasteiger partial charge in [0.25, 0.3) is 0 Å². The Morgan fingerprint density at radius 2 is 1.80 bits per heavy atom. The van der Waals surface area contributed by atoms with Crippen LogP contribution in [0.5, 0.6) is 0 Å². The number of unbranched alkanes of at least 4 members (excludes halogenated alkanes) is 1. The molecule has 0 spiro atoms. The molecule has 5 heteroatoms. The molecule has 0 aromatic rings. The normalized spacial score (nSPS) is 12.6. The summed E-state index contributed by atoms with van der Waals surface area (Å²) in [5.41, 5.74) is 0. The number of hydroxylamine groups is 2. The maximum atomic E-state index is 8.60. The van der Waals surface area contributed by atoms with Crippen LogP contribution < -0.4 is 0 Å². The minimum Gasteiger partial charge on any atom is -0.329 e. The Hall–Kier alpha value is -0.200. The molecule has 0 radical (unpaired) electrons. The Bertz CT molecular complexity index is 90.1. The van der Waals surface area contributed by atoms with Crippen LogP contribution in [0.15, 0.2) is 0 Å². The summed E-state index contributed by atoms with van der Waals surface area (Å²) in [5, 5.41) is 33.6. The second-order valence-corrected chi connectivity index (χ2v) is 2.08. The first-order valence-corrected chi connectivity index (χ1v) is 3.12. The van der Waals surface area contributed by atoms with Gasteiger partial charge in [-0.25, -0.2) is 0 Å². The fraction of sp³-hybridized carbons (Fsp3) is 1.00. The molecular weight excluding hydrogens is 138 g/mol. The van der Waals surface area contributed by atoms with Crippen LogP contribution in [0.3, 0.4) is 0 Å². The maximum Gasteiger partial charge on any atom is 0.368 e. The second kappa shape index (κ2) is 3.85. The Morgan fingerprint density at radius 3 is 2.10 bits per heavy atom. The first kappa shape index (κ1) is 9.80. The molecule has 4 N–H and O–H groups in total. The van der Waals surface area contributed by atoms with Crippen molar-refractivity contribution in [3.8, 4) is 0 Å². The van der Waals surface area contributed by atoms with Crippen LogP contribution in [-0.4, -0.2) is 38.2 Å². The van der Waals surface area contributed by atoms with Gasteiger partial charge < -0.3 is 20.5 Å². The predicted octanol–water partition coefficient (Wildman–Crippen LogP) is -0.934. The molecule has 0 aromatic heterocycles.